The molecule has 1 heterocycles. The maximum atomic E-state index is 11.9. The second-order valence-electron chi connectivity index (χ2n) is 5.27. The molecule has 0 spiro atoms. The number of nitrogens with one attached hydrogen (secondary N) is 3. The average molecular weight is 292 g/mol. The van der Waals surface area contributed by atoms with E-state index in [0.717, 1.165) is 19.5 Å². The molecule has 3 N–H and O–H groups in total. The van der Waals surface area contributed by atoms with Crippen molar-refractivity contribution in [1.29, 1.82) is 0 Å². The van der Waals surface area contributed by atoms with Crippen LogP contribution < -0.4 is 16.0 Å². The van der Waals surface area contributed by atoms with Gasteiger partial charge in [-0.3, -0.25) is 14.9 Å². The first-order valence-corrected chi connectivity index (χ1v) is 7.05. The molecule has 0 aromatic heterocycles. The predicted octanol–water partition coefficient (Wildman–Crippen LogP) is 1.12. The van der Waals surface area contributed by atoms with Gasteiger partial charge in [0.2, 0.25) is 5.91 Å². The maximum Gasteiger partial charge on any atom is 0.292 e. The summed E-state index contributed by atoms with van der Waals surface area (Å²) < 4.78 is 0. The van der Waals surface area contributed by atoms with E-state index < -0.39 is 4.92 Å². The van der Waals surface area contributed by atoms with Crippen LogP contribution in [0.4, 0.5) is 11.4 Å². The third-order valence-corrected chi connectivity index (χ3v) is 3.71. The summed E-state index contributed by atoms with van der Waals surface area (Å²) in [7, 11) is 0. The number of nitro groups is 1. The molecule has 0 aliphatic carbocycles. The Labute approximate surface area is 123 Å². The molecular formula is C14H20N4O3. The van der Waals surface area contributed by atoms with E-state index in [-0.39, 0.29) is 24.2 Å². The Hall–Kier alpha value is -2.15. The highest BCUT2D eigenvalue weighted by molar-refractivity contribution is 5.82. The molecule has 1 fully saturated rings. The Morgan fingerprint density at radius 1 is 1.48 bits per heavy atom. The lowest BCUT2D eigenvalue weighted by molar-refractivity contribution is -0.383. The molecule has 0 radical (unpaired) electrons. The summed E-state index contributed by atoms with van der Waals surface area (Å²) in [5, 5.41) is 19.9. The van der Waals surface area contributed by atoms with Crippen molar-refractivity contribution in [3.63, 3.8) is 0 Å². The first-order valence-electron chi connectivity index (χ1n) is 7.05. The Balaban J connectivity index is 1.88. The van der Waals surface area contributed by atoms with Gasteiger partial charge in [-0.15, -0.1) is 0 Å². The minimum atomic E-state index is -0.465. The first-order chi connectivity index (χ1) is 10.1. The van der Waals surface area contributed by atoms with Gasteiger partial charge in [0, 0.05) is 18.7 Å². The molecule has 1 aromatic rings. The van der Waals surface area contributed by atoms with Gasteiger partial charge >= 0.3 is 0 Å². The van der Waals surface area contributed by atoms with Crippen molar-refractivity contribution in [3.05, 3.63) is 34.4 Å². The number of para-hydroxylation sites is 2. The Bertz CT molecular complexity index is 521. The zero-order valence-corrected chi connectivity index (χ0v) is 12.0. The van der Waals surface area contributed by atoms with Crippen molar-refractivity contribution >= 4 is 17.3 Å². The molecular weight excluding hydrogens is 272 g/mol. The molecule has 1 saturated heterocycles. The molecule has 114 valence electrons. The largest absolute Gasteiger partial charge is 0.371 e. The van der Waals surface area contributed by atoms with Gasteiger partial charge < -0.3 is 16.0 Å². The monoisotopic (exact) mass is 292 g/mol. The van der Waals surface area contributed by atoms with E-state index >= 15 is 0 Å². The zero-order chi connectivity index (χ0) is 15.2. The van der Waals surface area contributed by atoms with Crippen LogP contribution in [0.25, 0.3) is 0 Å². The Morgan fingerprint density at radius 3 is 2.95 bits per heavy atom. The fraction of sp³-hybridized carbons (Fsp3) is 0.500. The number of carbonyl (C=O) groups excluding carboxylic acids is 1. The molecule has 1 aromatic carbocycles. The van der Waals surface area contributed by atoms with Crippen LogP contribution >= 0.6 is 0 Å². The number of anilines is 1. The molecule has 1 aliphatic heterocycles. The van der Waals surface area contributed by atoms with E-state index in [4.69, 9.17) is 0 Å². The van der Waals surface area contributed by atoms with Gasteiger partial charge in [-0.25, -0.2) is 0 Å². The third-order valence-electron chi connectivity index (χ3n) is 3.71. The van der Waals surface area contributed by atoms with Gasteiger partial charge in [-0.05, 0) is 24.9 Å². The van der Waals surface area contributed by atoms with Crippen molar-refractivity contribution in [1.82, 2.24) is 10.6 Å². The minimum Gasteiger partial charge on any atom is -0.371 e. The quantitative estimate of drug-likeness (QED) is 0.558. The van der Waals surface area contributed by atoms with E-state index in [2.05, 4.69) is 22.9 Å². The van der Waals surface area contributed by atoms with Crippen LogP contribution in [-0.2, 0) is 4.79 Å². The summed E-state index contributed by atoms with van der Waals surface area (Å²) in [6, 6.07) is 6.40. The van der Waals surface area contributed by atoms with E-state index in [1.165, 1.54) is 6.07 Å². The van der Waals surface area contributed by atoms with E-state index in [1.807, 2.05) is 0 Å². The summed E-state index contributed by atoms with van der Waals surface area (Å²) in [5.74, 6) is 0.273. The topological polar surface area (TPSA) is 96.3 Å². The molecule has 2 unspecified atom stereocenters. The molecule has 0 saturated carbocycles. The second-order valence-corrected chi connectivity index (χ2v) is 5.27. The van der Waals surface area contributed by atoms with Crippen LogP contribution in [0.15, 0.2) is 24.3 Å². The standard InChI is InChI=1S/C14H20N4O3/c1-10-6-7-15-8-12(10)17-14(19)9-16-11-4-2-3-5-13(11)18(20)21/h2-5,10,12,15-16H,6-9H2,1H3,(H,17,19). The molecule has 0 bridgehead atoms. The molecule has 7 heteroatoms. The predicted molar refractivity (Wildman–Crippen MR) is 80.2 cm³/mol. The smallest absolute Gasteiger partial charge is 0.292 e. The number of benzene rings is 1. The van der Waals surface area contributed by atoms with Crippen molar-refractivity contribution in [2.45, 2.75) is 19.4 Å². The highest BCUT2D eigenvalue weighted by atomic mass is 16.6. The fourth-order valence-electron chi connectivity index (χ4n) is 2.40. The van der Waals surface area contributed by atoms with Gasteiger partial charge in [0.15, 0.2) is 0 Å². The third kappa shape index (κ3) is 4.16. The lowest BCUT2D eigenvalue weighted by Gasteiger charge is -2.30. The summed E-state index contributed by atoms with van der Waals surface area (Å²) in [4.78, 5) is 22.4. The highest BCUT2D eigenvalue weighted by Crippen LogP contribution is 2.22. The van der Waals surface area contributed by atoms with Gasteiger partial charge in [0.25, 0.3) is 5.69 Å². The number of rotatable bonds is 5. The average Bonchev–Trinajstić information content (AvgIpc) is 2.48. The summed E-state index contributed by atoms with van der Waals surface area (Å²) >= 11 is 0. The van der Waals surface area contributed by atoms with Gasteiger partial charge in [-0.2, -0.15) is 0 Å². The van der Waals surface area contributed by atoms with Crippen LogP contribution in [-0.4, -0.2) is 36.5 Å². The lowest BCUT2D eigenvalue weighted by atomic mass is 9.95. The SMILES string of the molecule is CC1CCNCC1NC(=O)CNc1ccccc1[N+](=O)[O-]. The Kier molecular flexibility index (Phi) is 5.10. The van der Waals surface area contributed by atoms with Crippen LogP contribution in [0, 0.1) is 16.0 Å². The number of hydrogen-bond donors (Lipinski definition) is 3. The van der Waals surface area contributed by atoms with Crippen LogP contribution in [0.5, 0.6) is 0 Å². The summed E-state index contributed by atoms with van der Waals surface area (Å²) in [5.41, 5.74) is 0.325. The van der Waals surface area contributed by atoms with Crippen molar-refractivity contribution < 1.29 is 9.72 Å². The summed E-state index contributed by atoms with van der Waals surface area (Å²) in [6.07, 6.45) is 1.03. The van der Waals surface area contributed by atoms with Crippen LogP contribution in [0.2, 0.25) is 0 Å². The number of carbonyl (C=O) groups is 1. The van der Waals surface area contributed by atoms with Crippen molar-refractivity contribution in [2.24, 2.45) is 5.92 Å². The number of piperidine rings is 1. The van der Waals surface area contributed by atoms with Gasteiger partial charge in [0.1, 0.15) is 5.69 Å². The van der Waals surface area contributed by atoms with Gasteiger partial charge in [-0.1, -0.05) is 19.1 Å². The zero-order valence-electron chi connectivity index (χ0n) is 12.0. The molecule has 7 nitrogen and oxygen atoms in total. The molecule has 21 heavy (non-hydrogen) atoms. The number of nitrogens with zero attached hydrogens (tertiary/aromatic N) is 1. The summed E-state index contributed by atoms with van der Waals surface area (Å²) in [6.45, 7) is 3.87. The molecule has 2 atom stereocenters. The number of nitro benzene ring substituents is 1. The highest BCUT2D eigenvalue weighted by Gasteiger charge is 2.22. The minimum absolute atomic E-state index is 0.0219. The van der Waals surface area contributed by atoms with E-state index in [0.29, 0.717) is 11.6 Å². The van der Waals surface area contributed by atoms with E-state index in [1.54, 1.807) is 18.2 Å². The van der Waals surface area contributed by atoms with Crippen molar-refractivity contribution in [2.75, 3.05) is 25.0 Å². The van der Waals surface area contributed by atoms with Crippen LogP contribution in [0.3, 0.4) is 0 Å². The van der Waals surface area contributed by atoms with Gasteiger partial charge in [0.05, 0.1) is 11.5 Å². The number of amides is 1. The first kappa shape index (κ1) is 15.2. The van der Waals surface area contributed by atoms with Crippen molar-refractivity contribution in [3.8, 4) is 0 Å². The van der Waals surface area contributed by atoms with Crippen LogP contribution in [0.1, 0.15) is 13.3 Å². The normalized spacial score (nSPS) is 21.6. The second kappa shape index (κ2) is 7.03. The van der Waals surface area contributed by atoms with E-state index in [9.17, 15) is 14.9 Å². The molecule has 1 amide bonds. The molecule has 2 rings (SSSR count). The molecule has 1 aliphatic rings. The maximum absolute atomic E-state index is 11.9. The fourth-order valence-corrected chi connectivity index (χ4v) is 2.40. The Morgan fingerprint density at radius 2 is 2.24 bits per heavy atom. The number of hydrogen-bond acceptors (Lipinski definition) is 5. The lowest BCUT2D eigenvalue weighted by Crippen LogP contribution is -2.51.